The SMILES string of the molecule is CC(=O)c1ccc(NC(=O)CSc2n[nH]c(-c3cc(Br)ccc3O)n2)cc1. The van der Waals surface area contributed by atoms with Crippen molar-refractivity contribution < 1.29 is 14.7 Å². The van der Waals surface area contributed by atoms with Crippen LogP contribution in [0.1, 0.15) is 17.3 Å². The van der Waals surface area contributed by atoms with Gasteiger partial charge in [-0.05, 0) is 49.4 Å². The van der Waals surface area contributed by atoms with E-state index in [1.165, 1.54) is 18.7 Å². The maximum atomic E-state index is 12.1. The summed E-state index contributed by atoms with van der Waals surface area (Å²) in [4.78, 5) is 27.6. The Kier molecular flexibility index (Phi) is 5.92. The first kappa shape index (κ1) is 19.1. The van der Waals surface area contributed by atoms with E-state index in [0.29, 0.717) is 27.8 Å². The molecule has 138 valence electrons. The van der Waals surface area contributed by atoms with Crippen LogP contribution >= 0.6 is 27.7 Å². The molecule has 0 fully saturated rings. The second kappa shape index (κ2) is 8.36. The lowest BCUT2D eigenvalue weighted by Gasteiger charge is -2.04. The lowest BCUT2D eigenvalue weighted by atomic mass is 10.1. The molecule has 0 aliphatic carbocycles. The molecule has 3 rings (SSSR count). The third-order valence-electron chi connectivity index (χ3n) is 3.59. The number of anilines is 1. The van der Waals surface area contributed by atoms with Gasteiger partial charge in [-0.1, -0.05) is 27.7 Å². The summed E-state index contributed by atoms with van der Waals surface area (Å²) in [6.45, 7) is 1.49. The topological polar surface area (TPSA) is 108 Å². The number of nitrogens with one attached hydrogen (secondary N) is 2. The van der Waals surface area contributed by atoms with Gasteiger partial charge in [0.25, 0.3) is 0 Å². The van der Waals surface area contributed by atoms with Crippen molar-refractivity contribution in [1.82, 2.24) is 15.2 Å². The fraction of sp³-hybridized carbons (Fsp3) is 0.111. The maximum Gasteiger partial charge on any atom is 0.234 e. The molecule has 2 aromatic carbocycles. The molecule has 0 saturated heterocycles. The number of ketones is 1. The number of phenolic OH excluding ortho intramolecular Hbond substituents is 1. The zero-order valence-electron chi connectivity index (χ0n) is 14.2. The number of nitrogens with zero attached hydrogens (tertiary/aromatic N) is 2. The highest BCUT2D eigenvalue weighted by molar-refractivity contribution is 9.10. The fourth-order valence-corrected chi connectivity index (χ4v) is 3.20. The summed E-state index contributed by atoms with van der Waals surface area (Å²) >= 11 is 4.51. The maximum absolute atomic E-state index is 12.1. The minimum atomic E-state index is -0.216. The molecule has 1 amide bonds. The molecule has 0 radical (unpaired) electrons. The second-order valence-corrected chi connectivity index (χ2v) is 7.46. The Morgan fingerprint density at radius 3 is 2.67 bits per heavy atom. The van der Waals surface area contributed by atoms with Gasteiger partial charge in [-0.15, -0.1) is 5.10 Å². The number of aromatic nitrogens is 3. The molecule has 0 unspecified atom stereocenters. The van der Waals surface area contributed by atoms with Crippen molar-refractivity contribution in [2.24, 2.45) is 0 Å². The molecule has 9 heteroatoms. The molecule has 3 aromatic rings. The number of Topliss-reactive ketones (excluding diaryl/α,β-unsaturated/α-hetero) is 1. The predicted molar refractivity (Wildman–Crippen MR) is 107 cm³/mol. The minimum absolute atomic E-state index is 0.0275. The first-order valence-electron chi connectivity index (χ1n) is 7.87. The third-order valence-corrected chi connectivity index (χ3v) is 4.93. The van der Waals surface area contributed by atoms with Gasteiger partial charge in [-0.3, -0.25) is 14.7 Å². The van der Waals surface area contributed by atoms with Gasteiger partial charge < -0.3 is 10.4 Å². The van der Waals surface area contributed by atoms with Gasteiger partial charge >= 0.3 is 0 Å². The number of aromatic amines is 1. The Bertz CT molecular complexity index is 989. The summed E-state index contributed by atoms with van der Waals surface area (Å²) in [5.41, 5.74) is 1.71. The summed E-state index contributed by atoms with van der Waals surface area (Å²) in [5.74, 6) is 0.373. The quantitative estimate of drug-likeness (QED) is 0.391. The number of hydrogen-bond acceptors (Lipinski definition) is 6. The second-order valence-electron chi connectivity index (χ2n) is 5.60. The molecule has 3 N–H and O–H groups in total. The first-order chi connectivity index (χ1) is 12.9. The van der Waals surface area contributed by atoms with Crippen molar-refractivity contribution in [2.45, 2.75) is 12.1 Å². The average Bonchev–Trinajstić information content (AvgIpc) is 3.11. The average molecular weight is 447 g/mol. The monoisotopic (exact) mass is 446 g/mol. The summed E-state index contributed by atoms with van der Waals surface area (Å²) in [6, 6.07) is 11.7. The molecule has 7 nitrogen and oxygen atoms in total. The van der Waals surface area contributed by atoms with E-state index in [-0.39, 0.29) is 23.2 Å². The number of rotatable bonds is 6. The summed E-state index contributed by atoms with van der Waals surface area (Å²) < 4.78 is 0.802. The van der Waals surface area contributed by atoms with Crippen LogP contribution in [0.4, 0.5) is 5.69 Å². The number of phenols is 1. The van der Waals surface area contributed by atoms with E-state index in [2.05, 4.69) is 36.4 Å². The Balaban J connectivity index is 1.59. The minimum Gasteiger partial charge on any atom is -0.507 e. The number of H-pyrrole nitrogens is 1. The number of amides is 1. The Labute approximate surface area is 167 Å². The highest BCUT2D eigenvalue weighted by Gasteiger charge is 2.12. The largest absolute Gasteiger partial charge is 0.507 e. The predicted octanol–water partition coefficient (Wildman–Crippen LogP) is 3.87. The van der Waals surface area contributed by atoms with Crippen LogP contribution < -0.4 is 5.32 Å². The van der Waals surface area contributed by atoms with E-state index in [4.69, 9.17) is 0 Å². The van der Waals surface area contributed by atoms with Gasteiger partial charge in [-0.25, -0.2) is 4.98 Å². The van der Waals surface area contributed by atoms with Crippen molar-refractivity contribution in [3.8, 4) is 17.1 Å². The number of carbonyl (C=O) groups is 2. The number of carbonyl (C=O) groups excluding carboxylic acids is 2. The Morgan fingerprint density at radius 2 is 1.96 bits per heavy atom. The van der Waals surface area contributed by atoms with Crippen LogP contribution in [0.2, 0.25) is 0 Å². The van der Waals surface area contributed by atoms with Crippen LogP contribution in [0.5, 0.6) is 5.75 Å². The number of halogens is 1. The van der Waals surface area contributed by atoms with Crippen molar-refractivity contribution in [1.29, 1.82) is 0 Å². The zero-order valence-corrected chi connectivity index (χ0v) is 16.6. The molecule has 0 bridgehead atoms. The molecule has 27 heavy (non-hydrogen) atoms. The standard InChI is InChI=1S/C18H15BrN4O3S/c1-10(24)11-2-5-13(6-3-11)20-16(26)9-27-18-21-17(22-23-18)14-8-12(19)4-7-15(14)25/h2-8,25H,9H2,1H3,(H,20,26)(H,21,22,23). The summed E-state index contributed by atoms with van der Waals surface area (Å²) in [5, 5.41) is 19.9. The number of hydrogen-bond donors (Lipinski definition) is 3. The molecule has 0 atom stereocenters. The number of aromatic hydroxyl groups is 1. The molecule has 0 saturated carbocycles. The van der Waals surface area contributed by atoms with Crippen LogP contribution in [0.25, 0.3) is 11.4 Å². The highest BCUT2D eigenvalue weighted by Crippen LogP contribution is 2.30. The van der Waals surface area contributed by atoms with Gasteiger partial charge in [0.2, 0.25) is 11.1 Å². The van der Waals surface area contributed by atoms with E-state index in [9.17, 15) is 14.7 Å². The van der Waals surface area contributed by atoms with Crippen LogP contribution in [0.3, 0.4) is 0 Å². The highest BCUT2D eigenvalue weighted by atomic mass is 79.9. The summed E-state index contributed by atoms with van der Waals surface area (Å²) in [6.07, 6.45) is 0. The van der Waals surface area contributed by atoms with E-state index >= 15 is 0 Å². The van der Waals surface area contributed by atoms with Crippen LogP contribution in [0, 0.1) is 0 Å². The van der Waals surface area contributed by atoms with E-state index in [1.807, 2.05) is 0 Å². The molecule has 0 aliphatic heterocycles. The lowest BCUT2D eigenvalue weighted by Crippen LogP contribution is -2.14. The van der Waals surface area contributed by atoms with Crippen molar-refractivity contribution in [3.05, 3.63) is 52.5 Å². The smallest absolute Gasteiger partial charge is 0.234 e. The van der Waals surface area contributed by atoms with Crippen LogP contribution in [0.15, 0.2) is 52.1 Å². The summed E-state index contributed by atoms with van der Waals surface area (Å²) in [7, 11) is 0. The normalized spacial score (nSPS) is 10.6. The Hall–Kier alpha value is -2.65. The molecule has 1 heterocycles. The molecule has 1 aromatic heterocycles. The zero-order chi connectivity index (χ0) is 19.4. The molecular formula is C18H15BrN4O3S. The molecule has 0 spiro atoms. The number of benzene rings is 2. The van der Waals surface area contributed by atoms with Gasteiger partial charge in [0.1, 0.15) is 5.75 Å². The molecular weight excluding hydrogens is 432 g/mol. The van der Waals surface area contributed by atoms with E-state index < -0.39 is 0 Å². The van der Waals surface area contributed by atoms with Gasteiger partial charge in [0.05, 0.1) is 11.3 Å². The van der Waals surface area contributed by atoms with E-state index in [1.54, 1.807) is 42.5 Å². The van der Waals surface area contributed by atoms with Gasteiger partial charge in [0, 0.05) is 15.7 Å². The van der Waals surface area contributed by atoms with Crippen LogP contribution in [-0.4, -0.2) is 37.7 Å². The van der Waals surface area contributed by atoms with Gasteiger partial charge in [0.15, 0.2) is 11.6 Å². The first-order valence-corrected chi connectivity index (χ1v) is 9.65. The van der Waals surface area contributed by atoms with Crippen LogP contribution in [-0.2, 0) is 4.79 Å². The fourth-order valence-electron chi connectivity index (χ4n) is 2.24. The van der Waals surface area contributed by atoms with Crippen molar-refractivity contribution in [2.75, 3.05) is 11.1 Å². The lowest BCUT2D eigenvalue weighted by molar-refractivity contribution is -0.113. The van der Waals surface area contributed by atoms with Crippen molar-refractivity contribution >= 4 is 45.1 Å². The van der Waals surface area contributed by atoms with E-state index in [0.717, 1.165) is 4.47 Å². The molecule has 0 aliphatic rings. The number of thioether (sulfide) groups is 1. The van der Waals surface area contributed by atoms with Gasteiger partial charge in [-0.2, -0.15) is 0 Å². The van der Waals surface area contributed by atoms with Crippen molar-refractivity contribution in [3.63, 3.8) is 0 Å². The Morgan fingerprint density at radius 1 is 1.22 bits per heavy atom. The third kappa shape index (κ3) is 4.95.